The normalized spacial score (nSPS) is 15.2. The Balaban J connectivity index is 1.93. The molecule has 13 nitrogen and oxygen atoms in total. The molecule has 1 aromatic heterocycles. The van der Waals surface area contributed by atoms with Crippen LogP contribution in [-0.2, 0) is 19.4 Å². The standard InChI is InChI=1S/C29H22N4O9S2/c1-2-42-29(35)24-23(18-9-7-11-20(16-18)33(38)39)25(44(40,41)21-12-4-3-5-13-21)26(30)31-27(34)22(43-28(24)31)15-17-8-6-10-19(14-17)32(36)37/h3-16,23H,2,30H2,1H3/b22-15+. The molecule has 4 aromatic rings. The van der Waals surface area contributed by atoms with Crippen LogP contribution in [0.3, 0.4) is 0 Å². The molecular formula is C29H22N4O9S2. The molecule has 0 amide bonds. The first kappa shape index (κ1) is 30.1. The maximum atomic E-state index is 14.2. The summed E-state index contributed by atoms with van der Waals surface area (Å²) in [4.78, 5) is 48.4. The maximum absolute atomic E-state index is 14.2. The van der Waals surface area contributed by atoms with Gasteiger partial charge in [-0.15, -0.1) is 11.3 Å². The third-order valence-corrected chi connectivity index (χ3v) is 9.75. The van der Waals surface area contributed by atoms with Crippen molar-refractivity contribution < 1.29 is 27.8 Å². The Morgan fingerprint density at radius 1 is 1.00 bits per heavy atom. The van der Waals surface area contributed by atoms with Gasteiger partial charge in [0, 0.05) is 24.3 Å². The van der Waals surface area contributed by atoms with Gasteiger partial charge in [-0.25, -0.2) is 13.2 Å². The molecule has 0 saturated heterocycles. The molecule has 2 heterocycles. The minimum atomic E-state index is -4.53. The first-order chi connectivity index (χ1) is 20.9. The fraction of sp³-hybridized carbons (Fsp3) is 0.103. The van der Waals surface area contributed by atoms with E-state index in [0.717, 1.165) is 22.0 Å². The molecule has 5 rings (SSSR count). The van der Waals surface area contributed by atoms with Gasteiger partial charge in [-0.2, -0.15) is 0 Å². The van der Waals surface area contributed by atoms with Crippen LogP contribution in [0.15, 0.2) is 93.5 Å². The average molecular weight is 635 g/mol. The number of sulfone groups is 1. The van der Waals surface area contributed by atoms with E-state index < -0.39 is 47.9 Å². The van der Waals surface area contributed by atoms with Crippen LogP contribution in [0, 0.1) is 20.2 Å². The number of nitro groups is 2. The van der Waals surface area contributed by atoms with Crippen molar-refractivity contribution in [2.45, 2.75) is 17.7 Å². The topological polar surface area (TPSA) is 195 Å². The summed E-state index contributed by atoms with van der Waals surface area (Å²) in [7, 11) is -4.53. The monoisotopic (exact) mass is 634 g/mol. The number of esters is 1. The van der Waals surface area contributed by atoms with Crippen molar-refractivity contribution in [2.75, 3.05) is 6.61 Å². The van der Waals surface area contributed by atoms with Crippen molar-refractivity contribution in [2.24, 2.45) is 5.73 Å². The molecule has 0 saturated carbocycles. The highest BCUT2D eigenvalue weighted by Crippen LogP contribution is 2.42. The average Bonchev–Trinajstić information content (AvgIpc) is 3.32. The number of nitrogens with two attached hydrogens (primary N) is 1. The lowest BCUT2D eigenvalue weighted by Crippen LogP contribution is -2.41. The lowest BCUT2D eigenvalue weighted by atomic mass is 9.89. The summed E-state index contributed by atoms with van der Waals surface area (Å²) >= 11 is 0.799. The number of benzene rings is 3. The van der Waals surface area contributed by atoms with E-state index in [-0.39, 0.29) is 43.2 Å². The van der Waals surface area contributed by atoms with E-state index in [9.17, 15) is 38.2 Å². The van der Waals surface area contributed by atoms with E-state index in [1.807, 2.05) is 0 Å². The Labute approximate surface area is 252 Å². The van der Waals surface area contributed by atoms with Gasteiger partial charge in [0.1, 0.15) is 15.4 Å². The highest BCUT2D eigenvalue weighted by atomic mass is 32.2. The van der Waals surface area contributed by atoms with Crippen molar-refractivity contribution in [3.8, 4) is 0 Å². The smallest absolute Gasteiger partial charge is 0.338 e. The summed E-state index contributed by atoms with van der Waals surface area (Å²) in [5, 5.41) is 23.0. The number of non-ortho nitro benzene ring substituents is 2. The lowest BCUT2D eigenvalue weighted by Gasteiger charge is -2.28. The predicted octanol–water partition coefficient (Wildman–Crippen LogP) is 2.62. The number of aromatic nitrogens is 1. The van der Waals surface area contributed by atoms with Crippen LogP contribution in [0.25, 0.3) is 17.5 Å². The number of thiazole rings is 1. The lowest BCUT2D eigenvalue weighted by molar-refractivity contribution is -0.385. The van der Waals surface area contributed by atoms with Crippen molar-refractivity contribution >= 4 is 56.0 Å². The summed E-state index contributed by atoms with van der Waals surface area (Å²) in [6.45, 7) is 1.44. The van der Waals surface area contributed by atoms with Crippen LogP contribution < -0.4 is 20.5 Å². The zero-order valence-electron chi connectivity index (χ0n) is 22.8. The first-order valence-corrected chi connectivity index (χ1v) is 15.2. The van der Waals surface area contributed by atoms with Crippen LogP contribution in [0.5, 0.6) is 0 Å². The van der Waals surface area contributed by atoms with E-state index in [0.29, 0.717) is 5.56 Å². The van der Waals surface area contributed by atoms with E-state index in [2.05, 4.69) is 0 Å². The Morgan fingerprint density at radius 3 is 2.27 bits per heavy atom. The van der Waals surface area contributed by atoms with Gasteiger partial charge in [-0.05, 0) is 36.3 Å². The Bertz CT molecular complexity index is 2170. The second kappa shape index (κ2) is 11.7. The van der Waals surface area contributed by atoms with Crippen molar-refractivity contribution in [3.63, 3.8) is 0 Å². The number of fused-ring (bicyclic) bond motifs is 1. The van der Waals surface area contributed by atoms with Crippen molar-refractivity contribution in [1.29, 1.82) is 0 Å². The molecule has 0 spiro atoms. The molecule has 1 aliphatic heterocycles. The number of ether oxygens (including phenoxy) is 1. The summed E-state index contributed by atoms with van der Waals surface area (Å²) < 4.78 is 34.6. The molecule has 44 heavy (non-hydrogen) atoms. The summed E-state index contributed by atoms with van der Waals surface area (Å²) in [5.41, 5.74) is 5.22. The highest BCUT2D eigenvalue weighted by Gasteiger charge is 2.42. The van der Waals surface area contributed by atoms with Crippen molar-refractivity contribution in [1.82, 2.24) is 4.57 Å². The Kier molecular flexibility index (Phi) is 7.99. The molecule has 3 aromatic carbocycles. The molecule has 1 atom stereocenters. The van der Waals surface area contributed by atoms with Crippen LogP contribution >= 0.6 is 11.3 Å². The van der Waals surface area contributed by atoms with Crippen LogP contribution in [0.4, 0.5) is 11.4 Å². The highest BCUT2D eigenvalue weighted by molar-refractivity contribution is 7.95. The number of nitro benzene ring substituents is 2. The number of nitrogens with zero attached hydrogens (tertiary/aromatic N) is 3. The van der Waals surface area contributed by atoms with Crippen LogP contribution in [0.1, 0.15) is 24.0 Å². The summed E-state index contributed by atoms with van der Waals surface area (Å²) in [6, 6.07) is 17.8. The molecule has 0 bridgehead atoms. The van der Waals surface area contributed by atoms with Gasteiger partial charge in [-0.1, -0.05) is 42.5 Å². The molecule has 224 valence electrons. The van der Waals surface area contributed by atoms with Gasteiger partial charge >= 0.3 is 5.97 Å². The largest absolute Gasteiger partial charge is 0.463 e. The first-order valence-electron chi connectivity index (χ1n) is 12.9. The van der Waals surface area contributed by atoms with E-state index in [4.69, 9.17) is 10.5 Å². The zero-order chi connectivity index (χ0) is 31.8. The zero-order valence-corrected chi connectivity index (χ0v) is 24.4. The molecule has 0 radical (unpaired) electrons. The van der Waals surface area contributed by atoms with Crippen LogP contribution in [0.2, 0.25) is 0 Å². The molecular weight excluding hydrogens is 612 g/mol. The quantitative estimate of drug-likeness (QED) is 0.171. The van der Waals surface area contributed by atoms with Gasteiger partial charge in [0.15, 0.2) is 0 Å². The number of hydrogen-bond acceptors (Lipinski definition) is 11. The Morgan fingerprint density at radius 2 is 1.64 bits per heavy atom. The molecule has 2 N–H and O–H groups in total. The third-order valence-electron chi connectivity index (χ3n) is 6.73. The summed E-state index contributed by atoms with van der Waals surface area (Å²) in [5.74, 6) is -2.97. The molecule has 0 fully saturated rings. The van der Waals surface area contributed by atoms with Gasteiger partial charge in [0.25, 0.3) is 16.9 Å². The number of carbonyl (C=O) groups excluding carboxylic acids is 1. The minimum Gasteiger partial charge on any atom is -0.463 e. The van der Waals surface area contributed by atoms with Gasteiger partial charge in [0.05, 0.1) is 37.4 Å². The van der Waals surface area contributed by atoms with E-state index >= 15 is 0 Å². The minimum absolute atomic E-state index is 0.0126. The maximum Gasteiger partial charge on any atom is 0.338 e. The molecule has 15 heteroatoms. The number of rotatable bonds is 8. The fourth-order valence-corrected chi connectivity index (χ4v) is 7.71. The number of hydrogen-bond donors (Lipinski definition) is 1. The van der Waals surface area contributed by atoms with Gasteiger partial charge < -0.3 is 10.5 Å². The van der Waals surface area contributed by atoms with E-state index in [1.165, 1.54) is 72.8 Å². The van der Waals surface area contributed by atoms with Crippen LogP contribution in [-0.4, -0.2) is 35.4 Å². The molecule has 1 unspecified atom stereocenters. The number of carbonyl (C=O) groups is 1. The second-order valence-corrected chi connectivity index (χ2v) is 12.3. The summed E-state index contributed by atoms with van der Waals surface area (Å²) in [6.07, 6.45) is 1.36. The molecule has 0 aliphatic carbocycles. The number of allylic oxidation sites excluding steroid dienone is 1. The fourth-order valence-electron chi connectivity index (χ4n) is 4.84. The second-order valence-electron chi connectivity index (χ2n) is 9.39. The SMILES string of the molecule is CCOC(=O)C1=c2s/c(=C/c3cccc([N+](=O)[O-])c3)c(=O)n2C(N)=C(S(=O)(=O)c2ccccc2)C1c1cccc([N+](=O)[O-])c1. The van der Waals surface area contributed by atoms with Gasteiger partial charge in [-0.3, -0.25) is 29.6 Å². The molecule has 1 aliphatic rings. The van der Waals surface area contributed by atoms with Crippen molar-refractivity contribution in [3.05, 3.63) is 135 Å². The predicted molar refractivity (Wildman–Crippen MR) is 161 cm³/mol. The Hall–Kier alpha value is -5.41. The van der Waals surface area contributed by atoms with Gasteiger partial charge in [0.2, 0.25) is 9.84 Å². The third kappa shape index (κ3) is 5.29. The van der Waals surface area contributed by atoms with E-state index in [1.54, 1.807) is 13.0 Å².